The number of aryl methyl sites for hydroxylation is 1. The molecule has 0 unspecified atom stereocenters. The van der Waals surface area contributed by atoms with Gasteiger partial charge in [-0.15, -0.1) is 0 Å². The minimum absolute atomic E-state index is 0.109. The van der Waals surface area contributed by atoms with Gasteiger partial charge >= 0.3 is 5.69 Å². The molecule has 0 amide bonds. The zero-order valence-electron chi connectivity index (χ0n) is 11.4. The summed E-state index contributed by atoms with van der Waals surface area (Å²) in [4.78, 5) is 27.2. The summed E-state index contributed by atoms with van der Waals surface area (Å²) in [6.45, 7) is 1.99. The minimum Gasteiger partial charge on any atom is -0.307 e. The van der Waals surface area contributed by atoms with Gasteiger partial charge in [0.2, 0.25) is 0 Å². The van der Waals surface area contributed by atoms with Crippen LogP contribution in [0.3, 0.4) is 0 Å². The molecule has 106 valence electrons. The van der Waals surface area contributed by atoms with Gasteiger partial charge in [-0.25, -0.2) is 9.18 Å². The number of aromatic amines is 1. The number of nitrogens with one attached hydrogen (secondary N) is 1. The third kappa shape index (κ3) is 2.50. The Morgan fingerprint density at radius 1 is 1.10 bits per heavy atom. The molecular weight excluding hydrogens is 271 g/mol. The van der Waals surface area contributed by atoms with Gasteiger partial charge in [-0.2, -0.15) is 0 Å². The zero-order valence-corrected chi connectivity index (χ0v) is 11.4. The Labute approximate surface area is 119 Å². The van der Waals surface area contributed by atoms with E-state index in [9.17, 15) is 14.0 Å². The first-order chi connectivity index (χ1) is 10.0. The molecule has 0 fully saturated rings. The number of halogens is 1. The van der Waals surface area contributed by atoms with Crippen LogP contribution in [0.1, 0.15) is 11.1 Å². The fourth-order valence-electron chi connectivity index (χ4n) is 2.28. The van der Waals surface area contributed by atoms with E-state index in [1.165, 1.54) is 12.1 Å². The Balaban J connectivity index is 2.16. The number of nitrogens with zero attached hydrogens (tertiary/aromatic N) is 1. The molecule has 0 saturated heterocycles. The van der Waals surface area contributed by atoms with Crippen LogP contribution < -0.4 is 11.2 Å². The SMILES string of the molecule is Cc1ccc2[nH]c(=O)n(Cc3ccc(F)cc3)c(=O)c2c1. The van der Waals surface area contributed by atoms with Crippen LogP contribution in [0.15, 0.2) is 52.1 Å². The van der Waals surface area contributed by atoms with Crippen molar-refractivity contribution in [3.8, 4) is 0 Å². The standard InChI is InChI=1S/C16H13FN2O2/c1-10-2-7-14-13(8-10)15(20)19(16(21)18-14)9-11-3-5-12(17)6-4-11/h2-8H,9H2,1H3,(H,18,21). The Morgan fingerprint density at radius 2 is 1.81 bits per heavy atom. The van der Waals surface area contributed by atoms with E-state index in [1.54, 1.807) is 24.3 Å². The second kappa shape index (κ2) is 5.01. The van der Waals surface area contributed by atoms with Crippen molar-refractivity contribution < 1.29 is 4.39 Å². The van der Waals surface area contributed by atoms with Crippen molar-refractivity contribution in [3.05, 3.63) is 80.2 Å². The van der Waals surface area contributed by atoms with Gasteiger partial charge < -0.3 is 4.98 Å². The highest BCUT2D eigenvalue weighted by Crippen LogP contribution is 2.08. The number of fused-ring (bicyclic) bond motifs is 1. The summed E-state index contributed by atoms with van der Waals surface area (Å²) in [5, 5.41) is 0.469. The molecule has 5 heteroatoms. The number of H-pyrrole nitrogens is 1. The molecule has 0 aliphatic rings. The topological polar surface area (TPSA) is 54.9 Å². The van der Waals surface area contributed by atoms with Crippen LogP contribution in [-0.4, -0.2) is 9.55 Å². The molecule has 3 aromatic rings. The quantitative estimate of drug-likeness (QED) is 0.784. The fourth-order valence-corrected chi connectivity index (χ4v) is 2.28. The fraction of sp³-hybridized carbons (Fsp3) is 0.125. The average molecular weight is 284 g/mol. The zero-order chi connectivity index (χ0) is 15.0. The molecular formula is C16H13FN2O2. The Bertz CT molecular complexity index is 924. The maximum absolute atomic E-state index is 12.9. The van der Waals surface area contributed by atoms with Gasteiger partial charge in [-0.05, 0) is 36.8 Å². The lowest BCUT2D eigenvalue weighted by molar-refractivity contribution is 0.625. The van der Waals surface area contributed by atoms with Gasteiger partial charge in [0.05, 0.1) is 17.4 Å². The molecule has 1 aromatic heterocycles. The predicted octanol–water partition coefficient (Wildman–Crippen LogP) is 2.19. The van der Waals surface area contributed by atoms with E-state index in [0.717, 1.165) is 10.1 Å². The molecule has 2 aromatic carbocycles. The molecule has 1 heterocycles. The van der Waals surface area contributed by atoms with Crippen LogP contribution in [0, 0.1) is 12.7 Å². The van der Waals surface area contributed by atoms with Crippen LogP contribution in [-0.2, 0) is 6.54 Å². The Kier molecular flexibility index (Phi) is 3.17. The van der Waals surface area contributed by atoms with E-state index in [2.05, 4.69) is 4.98 Å². The third-order valence-corrected chi connectivity index (χ3v) is 3.39. The van der Waals surface area contributed by atoms with Gasteiger partial charge in [-0.1, -0.05) is 23.8 Å². The van der Waals surface area contributed by atoms with E-state index in [-0.39, 0.29) is 17.9 Å². The lowest BCUT2D eigenvalue weighted by atomic mass is 10.1. The minimum atomic E-state index is -0.472. The van der Waals surface area contributed by atoms with E-state index >= 15 is 0 Å². The highest BCUT2D eigenvalue weighted by Gasteiger charge is 2.08. The molecule has 0 spiro atoms. The molecule has 0 atom stereocenters. The molecule has 21 heavy (non-hydrogen) atoms. The molecule has 1 N–H and O–H groups in total. The van der Waals surface area contributed by atoms with E-state index < -0.39 is 5.69 Å². The van der Waals surface area contributed by atoms with E-state index in [4.69, 9.17) is 0 Å². The predicted molar refractivity (Wildman–Crippen MR) is 79.1 cm³/mol. The number of hydrogen-bond acceptors (Lipinski definition) is 2. The summed E-state index contributed by atoms with van der Waals surface area (Å²) in [6.07, 6.45) is 0. The maximum Gasteiger partial charge on any atom is 0.329 e. The lowest BCUT2D eigenvalue weighted by Gasteiger charge is -2.07. The maximum atomic E-state index is 12.9. The van der Waals surface area contributed by atoms with Crippen LogP contribution in [0.2, 0.25) is 0 Å². The summed E-state index contributed by atoms with van der Waals surface area (Å²) >= 11 is 0. The summed E-state index contributed by atoms with van der Waals surface area (Å²) < 4.78 is 14.0. The summed E-state index contributed by atoms with van der Waals surface area (Å²) in [5.74, 6) is -0.353. The summed E-state index contributed by atoms with van der Waals surface area (Å²) in [5.41, 5.74) is 1.34. The van der Waals surface area contributed by atoms with Crippen LogP contribution >= 0.6 is 0 Å². The van der Waals surface area contributed by atoms with Gasteiger partial charge in [0.25, 0.3) is 5.56 Å². The van der Waals surface area contributed by atoms with Crippen molar-refractivity contribution in [1.29, 1.82) is 0 Å². The molecule has 0 radical (unpaired) electrons. The number of rotatable bonds is 2. The van der Waals surface area contributed by atoms with Gasteiger partial charge in [0.15, 0.2) is 0 Å². The Hall–Kier alpha value is -2.69. The van der Waals surface area contributed by atoms with Gasteiger partial charge in [-0.3, -0.25) is 9.36 Å². The smallest absolute Gasteiger partial charge is 0.307 e. The van der Waals surface area contributed by atoms with E-state index in [0.29, 0.717) is 16.5 Å². The van der Waals surface area contributed by atoms with Crippen molar-refractivity contribution >= 4 is 10.9 Å². The summed E-state index contributed by atoms with van der Waals surface area (Å²) in [6, 6.07) is 11.0. The second-order valence-corrected chi connectivity index (χ2v) is 5.00. The molecule has 0 bridgehead atoms. The largest absolute Gasteiger partial charge is 0.329 e. The van der Waals surface area contributed by atoms with E-state index in [1.807, 2.05) is 13.0 Å². The summed E-state index contributed by atoms with van der Waals surface area (Å²) in [7, 11) is 0. The van der Waals surface area contributed by atoms with Crippen molar-refractivity contribution in [2.75, 3.05) is 0 Å². The van der Waals surface area contributed by atoms with Crippen LogP contribution in [0.4, 0.5) is 4.39 Å². The molecule has 0 aliphatic heterocycles. The van der Waals surface area contributed by atoms with Crippen molar-refractivity contribution in [1.82, 2.24) is 9.55 Å². The average Bonchev–Trinajstić information content (AvgIpc) is 2.46. The highest BCUT2D eigenvalue weighted by atomic mass is 19.1. The van der Waals surface area contributed by atoms with Gasteiger partial charge in [0.1, 0.15) is 5.82 Å². The monoisotopic (exact) mass is 284 g/mol. The molecule has 3 rings (SSSR count). The number of aromatic nitrogens is 2. The first-order valence-electron chi connectivity index (χ1n) is 6.52. The number of benzene rings is 2. The normalized spacial score (nSPS) is 11.0. The Morgan fingerprint density at radius 3 is 2.52 bits per heavy atom. The van der Waals surface area contributed by atoms with Crippen molar-refractivity contribution in [2.24, 2.45) is 0 Å². The highest BCUT2D eigenvalue weighted by molar-refractivity contribution is 5.77. The second-order valence-electron chi connectivity index (χ2n) is 5.00. The molecule has 4 nitrogen and oxygen atoms in total. The van der Waals surface area contributed by atoms with Crippen LogP contribution in [0.25, 0.3) is 10.9 Å². The van der Waals surface area contributed by atoms with Crippen molar-refractivity contribution in [3.63, 3.8) is 0 Å². The van der Waals surface area contributed by atoms with Crippen LogP contribution in [0.5, 0.6) is 0 Å². The third-order valence-electron chi connectivity index (χ3n) is 3.39. The first-order valence-corrected chi connectivity index (χ1v) is 6.52. The first kappa shape index (κ1) is 13.3. The number of hydrogen-bond donors (Lipinski definition) is 1. The van der Waals surface area contributed by atoms with Gasteiger partial charge in [0, 0.05) is 0 Å². The molecule has 0 aliphatic carbocycles. The lowest BCUT2D eigenvalue weighted by Crippen LogP contribution is -2.35. The molecule has 0 saturated carbocycles. The van der Waals surface area contributed by atoms with Crippen molar-refractivity contribution in [2.45, 2.75) is 13.5 Å².